The van der Waals surface area contributed by atoms with Crippen LogP contribution >= 0.6 is 0 Å². The van der Waals surface area contributed by atoms with Crippen molar-refractivity contribution in [3.05, 3.63) is 58.7 Å². The second kappa shape index (κ2) is 7.14. The van der Waals surface area contributed by atoms with Crippen molar-refractivity contribution in [3.8, 4) is 11.5 Å². The van der Waals surface area contributed by atoms with Gasteiger partial charge in [0.1, 0.15) is 18.1 Å². The summed E-state index contributed by atoms with van der Waals surface area (Å²) in [5, 5.41) is 0. The van der Waals surface area contributed by atoms with Gasteiger partial charge in [-0.25, -0.2) is 0 Å². The van der Waals surface area contributed by atoms with Gasteiger partial charge in [0, 0.05) is 5.56 Å². The Morgan fingerprint density at radius 2 is 1.71 bits per heavy atom. The zero-order chi connectivity index (χ0) is 15.2. The summed E-state index contributed by atoms with van der Waals surface area (Å²) in [7, 11) is 1.68. The van der Waals surface area contributed by atoms with Gasteiger partial charge in [0.05, 0.1) is 7.11 Å². The molecule has 112 valence electrons. The van der Waals surface area contributed by atoms with Crippen LogP contribution in [0.1, 0.15) is 22.3 Å². The van der Waals surface area contributed by atoms with Gasteiger partial charge in [-0.2, -0.15) is 0 Å². The predicted molar refractivity (Wildman–Crippen MR) is 86.0 cm³/mol. The number of aryl methyl sites for hydroxylation is 2. The molecule has 0 saturated carbocycles. The van der Waals surface area contributed by atoms with Gasteiger partial charge in [0.25, 0.3) is 0 Å². The van der Waals surface area contributed by atoms with Crippen LogP contribution < -0.4 is 15.2 Å². The lowest BCUT2D eigenvalue weighted by atomic mass is 10.0. The third-order valence-electron chi connectivity index (χ3n) is 3.52. The van der Waals surface area contributed by atoms with E-state index >= 15 is 0 Å². The van der Waals surface area contributed by atoms with Gasteiger partial charge in [-0.1, -0.05) is 30.3 Å². The van der Waals surface area contributed by atoms with E-state index in [9.17, 15) is 0 Å². The molecule has 0 atom stereocenters. The van der Waals surface area contributed by atoms with Gasteiger partial charge in [0.15, 0.2) is 0 Å². The molecule has 0 aliphatic heterocycles. The maximum atomic E-state index is 6.02. The second-order valence-corrected chi connectivity index (χ2v) is 5.20. The number of benzene rings is 2. The Kier molecular flexibility index (Phi) is 5.23. The zero-order valence-electron chi connectivity index (χ0n) is 13.0. The largest absolute Gasteiger partial charge is 0.496 e. The van der Waals surface area contributed by atoms with Crippen molar-refractivity contribution in [1.82, 2.24) is 0 Å². The van der Waals surface area contributed by atoms with Crippen LogP contribution in [0.25, 0.3) is 0 Å². The van der Waals surface area contributed by atoms with Gasteiger partial charge in [0.2, 0.25) is 0 Å². The molecule has 0 heterocycles. The number of hydrogen-bond donors (Lipinski definition) is 1. The number of rotatable bonds is 6. The Labute approximate surface area is 126 Å². The van der Waals surface area contributed by atoms with Crippen molar-refractivity contribution in [3.63, 3.8) is 0 Å². The van der Waals surface area contributed by atoms with Crippen LogP contribution in [0.15, 0.2) is 36.4 Å². The molecule has 2 N–H and O–H groups in total. The Balaban J connectivity index is 2.16. The van der Waals surface area contributed by atoms with Gasteiger partial charge >= 0.3 is 0 Å². The fourth-order valence-corrected chi connectivity index (χ4v) is 2.55. The van der Waals surface area contributed by atoms with Gasteiger partial charge < -0.3 is 15.2 Å². The Morgan fingerprint density at radius 1 is 1.05 bits per heavy atom. The molecular weight excluding hydrogens is 262 g/mol. The first-order valence-corrected chi connectivity index (χ1v) is 7.20. The van der Waals surface area contributed by atoms with Crippen LogP contribution in [-0.2, 0) is 13.0 Å². The van der Waals surface area contributed by atoms with E-state index in [-0.39, 0.29) is 0 Å². The van der Waals surface area contributed by atoms with Crippen LogP contribution in [0.2, 0.25) is 0 Å². The molecule has 2 rings (SSSR count). The second-order valence-electron chi connectivity index (χ2n) is 5.20. The van der Waals surface area contributed by atoms with E-state index in [2.05, 4.69) is 26.0 Å². The lowest BCUT2D eigenvalue weighted by Gasteiger charge is -2.15. The highest BCUT2D eigenvalue weighted by molar-refractivity contribution is 5.44. The van der Waals surface area contributed by atoms with Crippen molar-refractivity contribution >= 4 is 0 Å². The first kappa shape index (κ1) is 15.4. The van der Waals surface area contributed by atoms with Crippen LogP contribution in [-0.4, -0.2) is 13.7 Å². The van der Waals surface area contributed by atoms with Crippen molar-refractivity contribution in [1.29, 1.82) is 0 Å². The summed E-state index contributed by atoms with van der Waals surface area (Å²) in [6, 6.07) is 12.2. The monoisotopic (exact) mass is 285 g/mol. The van der Waals surface area contributed by atoms with E-state index in [1.807, 2.05) is 24.3 Å². The van der Waals surface area contributed by atoms with Crippen molar-refractivity contribution in [2.75, 3.05) is 13.7 Å². The summed E-state index contributed by atoms with van der Waals surface area (Å²) >= 11 is 0. The summed E-state index contributed by atoms with van der Waals surface area (Å²) < 4.78 is 11.4. The van der Waals surface area contributed by atoms with Gasteiger partial charge in [-0.15, -0.1) is 0 Å². The number of hydrogen-bond acceptors (Lipinski definition) is 3. The quantitative estimate of drug-likeness (QED) is 0.884. The topological polar surface area (TPSA) is 44.5 Å². The lowest BCUT2D eigenvalue weighted by molar-refractivity contribution is 0.293. The minimum atomic E-state index is 0.502. The van der Waals surface area contributed by atoms with E-state index in [1.54, 1.807) is 7.11 Å². The number of methoxy groups -OCH3 is 1. The van der Waals surface area contributed by atoms with Crippen LogP contribution in [0.3, 0.4) is 0 Å². The summed E-state index contributed by atoms with van der Waals surface area (Å²) in [6.45, 7) is 5.32. The van der Waals surface area contributed by atoms with Gasteiger partial charge in [-0.05, 0) is 49.6 Å². The first-order chi connectivity index (χ1) is 10.2. The van der Waals surface area contributed by atoms with E-state index in [1.165, 1.54) is 5.56 Å². The van der Waals surface area contributed by atoms with E-state index < -0.39 is 0 Å². The van der Waals surface area contributed by atoms with Crippen molar-refractivity contribution < 1.29 is 9.47 Å². The normalized spacial score (nSPS) is 10.5. The van der Waals surface area contributed by atoms with E-state index in [0.717, 1.165) is 34.6 Å². The Morgan fingerprint density at radius 3 is 2.33 bits per heavy atom. The smallest absolute Gasteiger partial charge is 0.125 e. The SMILES string of the molecule is COc1ccccc1COc1c(C)cc(CCN)cc1C. The third-order valence-corrected chi connectivity index (χ3v) is 3.52. The molecule has 0 bridgehead atoms. The van der Waals surface area contributed by atoms with Crippen molar-refractivity contribution in [2.24, 2.45) is 5.73 Å². The van der Waals surface area contributed by atoms with Crippen LogP contribution in [0.4, 0.5) is 0 Å². The lowest BCUT2D eigenvalue weighted by Crippen LogP contribution is -2.05. The number of ether oxygens (including phenoxy) is 2. The molecule has 0 amide bonds. The average molecular weight is 285 g/mol. The standard InChI is InChI=1S/C18H23NO2/c1-13-10-15(8-9-19)11-14(2)18(13)21-12-16-6-4-5-7-17(16)20-3/h4-7,10-11H,8-9,12,19H2,1-3H3. The molecular formula is C18H23NO2. The fraction of sp³-hybridized carbons (Fsp3) is 0.333. The Hall–Kier alpha value is -2.00. The number of nitrogens with two attached hydrogens (primary N) is 1. The van der Waals surface area contributed by atoms with Crippen molar-refractivity contribution in [2.45, 2.75) is 26.9 Å². The molecule has 0 aromatic heterocycles. The minimum absolute atomic E-state index is 0.502. The van der Waals surface area contributed by atoms with Crippen LogP contribution in [0.5, 0.6) is 11.5 Å². The predicted octanol–water partition coefficient (Wildman–Crippen LogP) is 3.39. The highest BCUT2D eigenvalue weighted by Crippen LogP contribution is 2.27. The summed E-state index contributed by atoms with van der Waals surface area (Å²) in [6.07, 6.45) is 0.897. The molecule has 0 radical (unpaired) electrons. The number of para-hydroxylation sites is 1. The molecule has 0 aliphatic carbocycles. The first-order valence-electron chi connectivity index (χ1n) is 7.20. The molecule has 0 unspecified atom stereocenters. The highest BCUT2D eigenvalue weighted by Gasteiger charge is 2.08. The van der Waals surface area contributed by atoms with Crippen LogP contribution in [0, 0.1) is 13.8 Å². The molecule has 0 aliphatic rings. The summed E-state index contributed by atoms with van der Waals surface area (Å²) in [4.78, 5) is 0. The molecule has 3 nitrogen and oxygen atoms in total. The molecule has 2 aromatic rings. The molecule has 3 heteroatoms. The molecule has 0 saturated heterocycles. The highest BCUT2D eigenvalue weighted by atomic mass is 16.5. The minimum Gasteiger partial charge on any atom is -0.496 e. The molecule has 21 heavy (non-hydrogen) atoms. The summed E-state index contributed by atoms with van der Waals surface area (Å²) in [5.41, 5.74) is 10.2. The maximum absolute atomic E-state index is 6.02. The summed E-state index contributed by atoms with van der Waals surface area (Å²) in [5.74, 6) is 1.80. The molecule has 0 fully saturated rings. The Bertz CT molecular complexity index is 585. The zero-order valence-corrected chi connectivity index (χ0v) is 13.0. The maximum Gasteiger partial charge on any atom is 0.125 e. The average Bonchev–Trinajstić information content (AvgIpc) is 2.47. The third kappa shape index (κ3) is 3.76. The molecule has 0 spiro atoms. The van der Waals surface area contributed by atoms with E-state index in [0.29, 0.717) is 13.2 Å². The van der Waals surface area contributed by atoms with E-state index in [4.69, 9.17) is 15.2 Å². The molecule has 2 aromatic carbocycles. The van der Waals surface area contributed by atoms with Gasteiger partial charge in [-0.3, -0.25) is 0 Å². The fourth-order valence-electron chi connectivity index (χ4n) is 2.55.